The number of nitrogens with one attached hydrogen (secondary N) is 1. The van der Waals surface area contributed by atoms with Gasteiger partial charge in [0.2, 0.25) is 11.8 Å². The number of hydrogen-bond donors (Lipinski definition) is 1. The Labute approximate surface area is 155 Å². The highest BCUT2D eigenvalue weighted by Gasteiger charge is 2.30. The van der Waals surface area contributed by atoms with Gasteiger partial charge in [0.15, 0.2) is 0 Å². The van der Waals surface area contributed by atoms with E-state index in [9.17, 15) is 14.4 Å². The van der Waals surface area contributed by atoms with Crippen molar-refractivity contribution >= 4 is 17.7 Å². The lowest BCUT2D eigenvalue weighted by atomic mass is 10.0. The van der Waals surface area contributed by atoms with Gasteiger partial charge in [-0.15, -0.1) is 0 Å². The molecule has 0 aliphatic carbocycles. The highest BCUT2D eigenvalue weighted by molar-refractivity contribution is 5.98. The largest absolute Gasteiger partial charge is 0.340 e. The second-order valence-corrected chi connectivity index (χ2v) is 7.30. The number of carbonyl (C=O) groups is 3. The first-order valence-corrected chi connectivity index (χ1v) is 9.20. The van der Waals surface area contributed by atoms with Crippen molar-refractivity contribution in [1.82, 2.24) is 15.1 Å². The highest BCUT2D eigenvalue weighted by atomic mass is 16.2. The van der Waals surface area contributed by atoms with Crippen LogP contribution in [-0.4, -0.2) is 59.7 Å². The van der Waals surface area contributed by atoms with Gasteiger partial charge in [-0.3, -0.25) is 14.4 Å². The topological polar surface area (TPSA) is 69.7 Å². The van der Waals surface area contributed by atoms with Crippen molar-refractivity contribution in [2.45, 2.75) is 40.2 Å². The van der Waals surface area contributed by atoms with Crippen LogP contribution in [0.3, 0.4) is 0 Å². The molecule has 26 heavy (non-hydrogen) atoms. The third-order valence-electron chi connectivity index (χ3n) is 4.74. The number of benzene rings is 1. The van der Waals surface area contributed by atoms with E-state index in [4.69, 9.17) is 0 Å². The van der Waals surface area contributed by atoms with Crippen LogP contribution in [0.5, 0.6) is 0 Å². The zero-order valence-electron chi connectivity index (χ0n) is 16.1. The van der Waals surface area contributed by atoms with Gasteiger partial charge in [-0.25, -0.2) is 0 Å². The summed E-state index contributed by atoms with van der Waals surface area (Å²) < 4.78 is 0. The Bertz CT molecular complexity index is 664. The molecule has 6 heteroatoms. The summed E-state index contributed by atoms with van der Waals surface area (Å²) in [5, 5.41) is 2.93. The molecule has 3 amide bonds. The molecule has 0 aromatic heterocycles. The zero-order valence-corrected chi connectivity index (χ0v) is 16.1. The van der Waals surface area contributed by atoms with Crippen LogP contribution < -0.4 is 5.32 Å². The minimum Gasteiger partial charge on any atom is -0.340 e. The second-order valence-electron chi connectivity index (χ2n) is 7.30. The van der Waals surface area contributed by atoms with E-state index < -0.39 is 6.04 Å². The predicted molar refractivity (Wildman–Crippen MR) is 101 cm³/mol. The first-order chi connectivity index (χ1) is 12.3. The van der Waals surface area contributed by atoms with E-state index in [0.717, 1.165) is 5.56 Å². The van der Waals surface area contributed by atoms with E-state index >= 15 is 0 Å². The second kappa shape index (κ2) is 8.83. The molecule has 1 saturated heterocycles. The summed E-state index contributed by atoms with van der Waals surface area (Å²) in [4.78, 5) is 40.6. The van der Waals surface area contributed by atoms with Crippen molar-refractivity contribution in [3.05, 3.63) is 35.4 Å². The Morgan fingerprint density at radius 2 is 1.62 bits per heavy atom. The molecular weight excluding hydrogens is 330 g/mol. The van der Waals surface area contributed by atoms with E-state index in [2.05, 4.69) is 5.32 Å². The summed E-state index contributed by atoms with van der Waals surface area (Å²) in [6.45, 7) is 9.60. The van der Waals surface area contributed by atoms with Crippen LogP contribution in [0.4, 0.5) is 0 Å². The molecule has 2 rings (SSSR count). The fraction of sp³-hybridized carbons (Fsp3) is 0.550. The van der Waals surface area contributed by atoms with Crippen molar-refractivity contribution in [1.29, 1.82) is 0 Å². The van der Waals surface area contributed by atoms with Gasteiger partial charge in [0.1, 0.15) is 6.04 Å². The third-order valence-corrected chi connectivity index (χ3v) is 4.74. The van der Waals surface area contributed by atoms with Crippen molar-refractivity contribution in [3.8, 4) is 0 Å². The molecular formula is C20H29N3O3. The van der Waals surface area contributed by atoms with Gasteiger partial charge in [-0.2, -0.15) is 0 Å². The van der Waals surface area contributed by atoms with Crippen LogP contribution in [-0.2, 0) is 9.59 Å². The van der Waals surface area contributed by atoms with Gasteiger partial charge in [-0.1, -0.05) is 32.0 Å². The number of aryl methyl sites for hydroxylation is 1. The van der Waals surface area contributed by atoms with Crippen LogP contribution in [0.25, 0.3) is 0 Å². The van der Waals surface area contributed by atoms with Crippen LogP contribution in [0.2, 0.25) is 0 Å². The first-order valence-electron chi connectivity index (χ1n) is 9.20. The Morgan fingerprint density at radius 3 is 2.15 bits per heavy atom. The Morgan fingerprint density at radius 1 is 1.04 bits per heavy atom. The lowest BCUT2D eigenvalue weighted by molar-refractivity contribution is -0.140. The maximum Gasteiger partial charge on any atom is 0.252 e. The molecule has 0 bridgehead atoms. The maximum atomic E-state index is 13.0. The average Bonchev–Trinajstić information content (AvgIpc) is 2.60. The number of rotatable bonds is 5. The standard InChI is InChI=1S/C20H29N3O3/c1-14(2)13-18(21-19(25)17-8-6-5-7-15(17)3)20(26)23-11-9-22(10-12-23)16(4)24/h5-8,14,18H,9-13H2,1-4H3,(H,21,25). The van der Waals surface area contributed by atoms with Crippen LogP contribution in [0.15, 0.2) is 24.3 Å². The number of piperazine rings is 1. The summed E-state index contributed by atoms with van der Waals surface area (Å²) in [6, 6.07) is 6.81. The molecule has 1 aromatic carbocycles. The maximum absolute atomic E-state index is 13.0. The van der Waals surface area contributed by atoms with Gasteiger partial charge in [0.05, 0.1) is 0 Å². The summed E-state index contributed by atoms with van der Waals surface area (Å²) in [6.07, 6.45) is 0.587. The summed E-state index contributed by atoms with van der Waals surface area (Å²) in [5.74, 6) is 0.0247. The highest BCUT2D eigenvalue weighted by Crippen LogP contribution is 2.13. The summed E-state index contributed by atoms with van der Waals surface area (Å²) in [7, 11) is 0. The number of amides is 3. The molecule has 0 saturated carbocycles. The monoisotopic (exact) mass is 359 g/mol. The van der Waals surface area contributed by atoms with Gasteiger partial charge in [0.25, 0.3) is 5.91 Å². The van der Waals surface area contributed by atoms with E-state index in [-0.39, 0.29) is 23.6 Å². The molecule has 1 N–H and O–H groups in total. The fourth-order valence-corrected chi connectivity index (χ4v) is 3.22. The summed E-state index contributed by atoms with van der Waals surface area (Å²) >= 11 is 0. The number of nitrogens with zero attached hydrogens (tertiary/aromatic N) is 2. The zero-order chi connectivity index (χ0) is 19.3. The Kier molecular flexibility index (Phi) is 6.77. The fourth-order valence-electron chi connectivity index (χ4n) is 3.22. The van der Waals surface area contributed by atoms with Crippen molar-refractivity contribution in [2.75, 3.05) is 26.2 Å². The number of carbonyl (C=O) groups excluding carboxylic acids is 3. The van der Waals surface area contributed by atoms with Gasteiger partial charge in [-0.05, 0) is 30.9 Å². The van der Waals surface area contributed by atoms with Crippen molar-refractivity contribution in [3.63, 3.8) is 0 Å². The Balaban J connectivity index is 2.07. The van der Waals surface area contributed by atoms with Gasteiger partial charge >= 0.3 is 0 Å². The molecule has 1 aromatic rings. The molecule has 6 nitrogen and oxygen atoms in total. The quantitative estimate of drug-likeness (QED) is 0.872. The first kappa shape index (κ1) is 19.9. The minimum absolute atomic E-state index is 0.0312. The van der Waals surface area contributed by atoms with E-state index in [1.165, 1.54) is 0 Å². The van der Waals surface area contributed by atoms with Crippen molar-refractivity contribution in [2.24, 2.45) is 5.92 Å². The van der Waals surface area contributed by atoms with E-state index in [1.54, 1.807) is 22.8 Å². The van der Waals surface area contributed by atoms with Crippen molar-refractivity contribution < 1.29 is 14.4 Å². The molecule has 1 heterocycles. The summed E-state index contributed by atoms with van der Waals surface area (Å²) in [5.41, 5.74) is 1.48. The molecule has 1 aliphatic heterocycles. The predicted octanol–water partition coefficient (Wildman–Crippen LogP) is 1.83. The normalized spacial score (nSPS) is 15.7. The minimum atomic E-state index is -0.550. The molecule has 1 atom stereocenters. The molecule has 1 unspecified atom stereocenters. The molecule has 1 aliphatic rings. The van der Waals surface area contributed by atoms with Crippen LogP contribution >= 0.6 is 0 Å². The third kappa shape index (κ3) is 5.07. The number of hydrogen-bond acceptors (Lipinski definition) is 3. The van der Waals surface area contributed by atoms with Crippen LogP contribution in [0.1, 0.15) is 43.1 Å². The smallest absolute Gasteiger partial charge is 0.252 e. The molecule has 0 spiro atoms. The lowest BCUT2D eigenvalue weighted by Crippen LogP contribution is -2.55. The van der Waals surface area contributed by atoms with Gasteiger partial charge in [0, 0.05) is 38.7 Å². The SMILES string of the molecule is CC(=O)N1CCN(C(=O)C(CC(C)C)NC(=O)c2ccccc2C)CC1. The molecule has 0 radical (unpaired) electrons. The lowest BCUT2D eigenvalue weighted by Gasteiger charge is -2.36. The Hall–Kier alpha value is -2.37. The van der Waals surface area contributed by atoms with Crippen LogP contribution in [0, 0.1) is 12.8 Å². The average molecular weight is 359 g/mol. The molecule has 142 valence electrons. The van der Waals surface area contributed by atoms with E-state index in [1.807, 2.05) is 39.0 Å². The van der Waals surface area contributed by atoms with Gasteiger partial charge < -0.3 is 15.1 Å². The molecule has 1 fully saturated rings. The van der Waals surface area contributed by atoms with E-state index in [0.29, 0.717) is 38.2 Å².